The summed E-state index contributed by atoms with van der Waals surface area (Å²) >= 11 is 1.71. The highest BCUT2D eigenvalue weighted by molar-refractivity contribution is 7.09. The topological polar surface area (TPSA) is 47.5 Å². The molecule has 0 N–H and O–H groups in total. The largest absolute Gasteiger partial charge is 0.379 e. The summed E-state index contributed by atoms with van der Waals surface area (Å²) in [6, 6.07) is 6.38. The third kappa shape index (κ3) is 2.92. The number of hydrogen-bond acceptors (Lipinski definition) is 6. The lowest BCUT2D eigenvalue weighted by Gasteiger charge is -2.20. The minimum absolute atomic E-state index is 0.217. The molecule has 4 heterocycles. The van der Waals surface area contributed by atoms with Gasteiger partial charge in [0.25, 0.3) is 0 Å². The summed E-state index contributed by atoms with van der Waals surface area (Å²) in [5, 5.41) is 3.19. The van der Waals surface area contributed by atoms with Gasteiger partial charge in [0.2, 0.25) is 0 Å². The molecule has 22 heavy (non-hydrogen) atoms. The number of rotatable bonds is 5. The molecular weight excluding hydrogens is 298 g/mol. The fourth-order valence-electron chi connectivity index (χ4n) is 3.33. The van der Waals surface area contributed by atoms with Crippen molar-refractivity contribution in [3.05, 3.63) is 46.7 Å². The summed E-state index contributed by atoms with van der Waals surface area (Å²) in [4.78, 5) is 11.2. The van der Waals surface area contributed by atoms with Crippen LogP contribution in [-0.2, 0) is 22.6 Å². The molecule has 0 aliphatic carbocycles. The third-order valence-electron chi connectivity index (χ3n) is 4.45. The summed E-state index contributed by atoms with van der Waals surface area (Å²) in [5.74, 6) is 0.462. The number of nitrogens with zero attached hydrogens (tertiary/aromatic N) is 3. The highest BCUT2D eigenvalue weighted by Crippen LogP contribution is 2.33. The molecule has 2 aromatic heterocycles. The average molecular weight is 317 g/mol. The fourth-order valence-corrected chi connectivity index (χ4v) is 3.97. The second-order valence-electron chi connectivity index (χ2n) is 5.79. The molecule has 0 unspecified atom stereocenters. The first-order chi connectivity index (χ1) is 10.9. The van der Waals surface area contributed by atoms with Crippen molar-refractivity contribution in [1.29, 1.82) is 0 Å². The number of ether oxygens (including phenoxy) is 2. The van der Waals surface area contributed by atoms with Gasteiger partial charge in [0, 0.05) is 36.3 Å². The highest BCUT2D eigenvalue weighted by atomic mass is 32.1. The summed E-state index contributed by atoms with van der Waals surface area (Å²) in [6.45, 7) is 4.02. The average Bonchev–Trinajstić information content (AvgIpc) is 3.26. The Hall–Kier alpha value is -1.34. The van der Waals surface area contributed by atoms with Crippen LogP contribution in [0.3, 0.4) is 0 Å². The normalized spacial score (nSPS) is 28.1. The molecule has 4 rings (SSSR count). The smallest absolute Gasteiger partial charge is 0.107 e. The van der Waals surface area contributed by atoms with Gasteiger partial charge in [-0.1, -0.05) is 6.07 Å². The molecule has 2 saturated heterocycles. The van der Waals surface area contributed by atoms with Gasteiger partial charge < -0.3 is 9.47 Å². The van der Waals surface area contributed by atoms with Crippen molar-refractivity contribution in [2.45, 2.75) is 25.3 Å². The standard InChI is InChI=1S/C16H19N3O2S/c1-2-4-17-12(3-1)9-21-15-7-19(8-16-18-5-6-22-16)14-11-20-10-13(14)15/h1-6,13-15H,7-11H2/t13-,14+,15-/m0/s1. The maximum atomic E-state index is 6.15. The van der Waals surface area contributed by atoms with E-state index in [9.17, 15) is 0 Å². The monoisotopic (exact) mass is 317 g/mol. The summed E-state index contributed by atoms with van der Waals surface area (Å²) in [7, 11) is 0. The Morgan fingerprint density at radius 2 is 2.27 bits per heavy atom. The molecule has 2 aliphatic heterocycles. The van der Waals surface area contributed by atoms with Crippen molar-refractivity contribution in [2.75, 3.05) is 19.8 Å². The second-order valence-corrected chi connectivity index (χ2v) is 6.77. The molecule has 0 radical (unpaired) electrons. The number of fused-ring (bicyclic) bond motifs is 1. The molecule has 2 aromatic rings. The Bertz CT molecular complexity index is 593. The Morgan fingerprint density at radius 1 is 1.27 bits per heavy atom. The van der Waals surface area contributed by atoms with Crippen LogP contribution in [0.15, 0.2) is 36.0 Å². The predicted octanol–water partition coefficient (Wildman–Crippen LogP) is 1.95. The van der Waals surface area contributed by atoms with Gasteiger partial charge in [-0.3, -0.25) is 9.88 Å². The number of hydrogen-bond donors (Lipinski definition) is 0. The first-order valence-electron chi connectivity index (χ1n) is 7.62. The van der Waals surface area contributed by atoms with E-state index < -0.39 is 0 Å². The zero-order valence-corrected chi connectivity index (χ0v) is 13.1. The lowest BCUT2D eigenvalue weighted by molar-refractivity contribution is 0.00740. The van der Waals surface area contributed by atoms with E-state index in [4.69, 9.17) is 9.47 Å². The number of aromatic nitrogens is 2. The lowest BCUT2D eigenvalue weighted by Crippen LogP contribution is -2.32. The zero-order valence-electron chi connectivity index (χ0n) is 12.3. The zero-order chi connectivity index (χ0) is 14.8. The van der Waals surface area contributed by atoms with Crippen LogP contribution in [0.2, 0.25) is 0 Å². The van der Waals surface area contributed by atoms with Crippen molar-refractivity contribution in [1.82, 2.24) is 14.9 Å². The molecule has 5 nitrogen and oxygen atoms in total. The van der Waals surface area contributed by atoms with Crippen LogP contribution >= 0.6 is 11.3 Å². The van der Waals surface area contributed by atoms with Gasteiger partial charge in [0.15, 0.2) is 0 Å². The molecule has 0 amide bonds. The van der Waals surface area contributed by atoms with Gasteiger partial charge >= 0.3 is 0 Å². The van der Waals surface area contributed by atoms with Crippen molar-refractivity contribution in [3.8, 4) is 0 Å². The summed E-state index contributed by atoms with van der Waals surface area (Å²) in [6.07, 6.45) is 3.90. The van der Waals surface area contributed by atoms with Crippen LogP contribution < -0.4 is 0 Å². The van der Waals surface area contributed by atoms with Crippen LogP contribution in [0.25, 0.3) is 0 Å². The van der Waals surface area contributed by atoms with Gasteiger partial charge in [0.05, 0.1) is 38.2 Å². The molecule has 3 atom stereocenters. The van der Waals surface area contributed by atoms with Gasteiger partial charge in [-0.15, -0.1) is 11.3 Å². The molecule has 0 bridgehead atoms. The molecule has 0 saturated carbocycles. The molecule has 2 fully saturated rings. The van der Waals surface area contributed by atoms with Crippen molar-refractivity contribution >= 4 is 11.3 Å². The minimum atomic E-state index is 0.217. The Labute approximate surface area is 133 Å². The number of likely N-dealkylation sites (tertiary alicyclic amines) is 1. The van der Waals surface area contributed by atoms with Gasteiger partial charge in [-0.05, 0) is 12.1 Å². The van der Waals surface area contributed by atoms with Crippen molar-refractivity contribution in [3.63, 3.8) is 0 Å². The van der Waals surface area contributed by atoms with Crippen molar-refractivity contribution < 1.29 is 9.47 Å². The minimum Gasteiger partial charge on any atom is -0.379 e. The predicted molar refractivity (Wildman–Crippen MR) is 83.4 cm³/mol. The molecule has 0 aromatic carbocycles. The third-order valence-corrected chi connectivity index (χ3v) is 5.21. The van der Waals surface area contributed by atoms with Crippen LogP contribution in [0, 0.1) is 5.92 Å². The van der Waals surface area contributed by atoms with E-state index in [0.717, 1.165) is 37.0 Å². The summed E-state index contributed by atoms with van der Waals surface area (Å²) < 4.78 is 11.8. The van der Waals surface area contributed by atoms with Crippen LogP contribution in [0.1, 0.15) is 10.7 Å². The van der Waals surface area contributed by atoms with E-state index in [1.54, 1.807) is 11.3 Å². The van der Waals surface area contributed by atoms with Crippen LogP contribution in [0.5, 0.6) is 0 Å². The van der Waals surface area contributed by atoms with Crippen LogP contribution in [-0.4, -0.2) is 46.8 Å². The molecule has 2 aliphatic rings. The van der Waals surface area contributed by atoms with Gasteiger partial charge in [-0.2, -0.15) is 0 Å². The molecule has 6 heteroatoms. The van der Waals surface area contributed by atoms with E-state index in [1.165, 1.54) is 0 Å². The second kappa shape index (κ2) is 6.42. The van der Waals surface area contributed by atoms with Crippen molar-refractivity contribution in [2.24, 2.45) is 5.92 Å². The Balaban J connectivity index is 1.40. The quantitative estimate of drug-likeness (QED) is 0.843. The van der Waals surface area contributed by atoms with E-state index in [2.05, 4.69) is 14.9 Å². The Kier molecular flexibility index (Phi) is 4.16. The van der Waals surface area contributed by atoms with Crippen LogP contribution in [0.4, 0.5) is 0 Å². The summed E-state index contributed by atoms with van der Waals surface area (Å²) in [5.41, 5.74) is 0.983. The highest BCUT2D eigenvalue weighted by Gasteiger charge is 2.46. The van der Waals surface area contributed by atoms with Gasteiger partial charge in [0.1, 0.15) is 5.01 Å². The fraction of sp³-hybridized carbons (Fsp3) is 0.500. The molecule has 116 valence electrons. The number of thiazole rings is 1. The van der Waals surface area contributed by atoms with E-state index in [0.29, 0.717) is 18.6 Å². The number of pyridine rings is 1. The maximum Gasteiger partial charge on any atom is 0.107 e. The maximum absolute atomic E-state index is 6.15. The molecule has 0 spiro atoms. The van der Waals surface area contributed by atoms with E-state index >= 15 is 0 Å². The van der Waals surface area contributed by atoms with Gasteiger partial charge in [-0.25, -0.2) is 4.98 Å². The first-order valence-corrected chi connectivity index (χ1v) is 8.50. The SMILES string of the molecule is c1ccc(CO[C@H]2CN(Cc3nccs3)[C@@H]3COC[C@H]23)nc1. The van der Waals surface area contributed by atoms with E-state index in [-0.39, 0.29) is 6.10 Å². The van der Waals surface area contributed by atoms with E-state index in [1.807, 2.05) is 36.0 Å². The lowest BCUT2D eigenvalue weighted by atomic mass is 10.0. The molecular formula is C16H19N3O2S. The first kappa shape index (κ1) is 14.3. The Morgan fingerprint density at radius 3 is 3.09 bits per heavy atom.